The number of hydrogen-bond acceptors (Lipinski definition) is 3. The Morgan fingerprint density at radius 3 is 3.11 bits per heavy atom. The molecule has 0 bridgehead atoms. The summed E-state index contributed by atoms with van der Waals surface area (Å²) in [5, 5.41) is 6.08. The van der Waals surface area contributed by atoms with Gasteiger partial charge in [-0.15, -0.1) is 0 Å². The van der Waals surface area contributed by atoms with Gasteiger partial charge in [0.2, 0.25) is 5.91 Å². The minimum absolute atomic E-state index is 0.0943. The summed E-state index contributed by atoms with van der Waals surface area (Å²) in [5.74, 6) is -0.865. The molecule has 1 atom stereocenters. The number of carbonyl (C=O) groups is 1. The molecule has 0 saturated carbocycles. The van der Waals surface area contributed by atoms with E-state index in [1.165, 1.54) is 13.0 Å². The SMILES string of the molecule is CC(=O)Nc1cc(C2COCCCN2)c(Cl)cc1F. The number of halogens is 2. The van der Waals surface area contributed by atoms with Crippen LogP contribution in [0.1, 0.15) is 24.9 Å². The van der Waals surface area contributed by atoms with E-state index >= 15 is 0 Å². The van der Waals surface area contributed by atoms with Gasteiger partial charge in [0.05, 0.1) is 18.3 Å². The van der Waals surface area contributed by atoms with Crippen LogP contribution in [-0.4, -0.2) is 25.7 Å². The Kier molecular flexibility index (Phi) is 4.74. The minimum Gasteiger partial charge on any atom is -0.379 e. The molecule has 1 aromatic carbocycles. The average Bonchev–Trinajstić information content (AvgIpc) is 2.61. The molecule has 6 heteroatoms. The first kappa shape index (κ1) is 14.2. The van der Waals surface area contributed by atoms with Gasteiger partial charge < -0.3 is 15.4 Å². The van der Waals surface area contributed by atoms with Crippen LogP contribution in [-0.2, 0) is 9.53 Å². The van der Waals surface area contributed by atoms with Crippen LogP contribution in [0.25, 0.3) is 0 Å². The highest BCUT2D eigenvalue weighted by Crippen LogP contribution is 2.29. The van der Waals surface area contributed by atoms with Gasteiger partial charge in [0, 0.05) is 18.6 Å². The van der Waals surface area contributed by atoms with Gasteiger partial charge in [-0.1, -0.05) is 11.6 Å². The van der Waals surface area contributed by atoms with Crippen molar-refractivity contribution >= 4 is 23.2 Å². The van der Waals surface area contributed by atoms with Gasteiger partial charge >= 0.3 is 0 Å². The number of ether oxygens (including phenoxy) is 1. The highest BCUT2D eigenvalue weighted by atomic mass is 35.5. The second-order valence-electron chi connectivity index (χ2n) is 4.47. The monoisotopic (exact) mass is 286 g/mol. The Balaban J connectivity index is 2.30. The van der Waals surface area contributed by atoms with Crippen LogP contribution in [0.5, 0.6) is 0 Å². The molecule has 1 fully saturated rings. The predicted octanol–water partition coefficient (Wildman–Crippen LogP) is 2.49. The van der Waals surface area contributed by atoms with Gasteiger partial charge in [-0.25, -0.2) is 4.39 Å². The van der Waals surface area contributed by atoms with E-state index in [9.17, 15) is 9.18 Å². The molecule has 0 radical (unpaired) electrons. The number of anilines is 1. The minimum atomic E-state index is -0.543. The normalized spacial score (nSPS) is 19.8. The van der Waals surface area contributed by atoms with E-state index < -0.39 is 5.82 Å². The first-order valence-electron chi connectivity index (χ1n) is 6.15. The van der Waals surface area contributed by atoms with Crippen molar-refractivity contribution in [3.05, 3.63) is 28.5 Å². The number of hydrogen-bond donors (Lipinski definition) is 2. The highest BCUT2D eigenvalue weighted by molar-refractivity contribution is 6.31. The van der Waals surface area contributed by atoms with E-state index in [4.69, 9.17) is 16.3 Å². The predicted molar refractivity (Wildman–Crippen MR) is 71.9 cm³/mol. The second-order valence-corrected chi connectivity index (χ2v) is 4.88. The average molecular weight is 287 g/mol. The molecule has 1 aromatic rings. The van der Waals surface area contributed by atoms with Crippen molar-refractivity contribution in [1.82, 2.24) is 5.32 Å². The number of carbonyl (C=O) groups excluding carboxylic acids is 1. The summed E-state index contributed by atoms with van der Waals surface area (Å²) < 4.78 is 19.2. The van der Waals surface area contributed by atoms with Crippen LogP contribution >= 0.6 is 11.6 Å². The van der Waals surface area contributed by atoms with Crippen LogP contribution in [0.3, 0.4) is 0 Å². The van der Waals surface area contributed by atoms with Crippen LogP contribution in [0.4, 0.5) is 10.1 Å². The van der Waals surface area contributed by atoms with Crippen molar-refractivity contribution in [2.75, 3.05) is 25.1 Å². The quantitative estimate of drug-likeness (QED) is 0.878. The van der Waals surface area contributed by atoms with Gasteiger partial charge in [0.1, 0.15) is 5.82 Å². The van der Waals surface area contributed by atoms with Crippen molar-refractivity contribution in [1.29, 1.82) is 0 Å². The Morgan fingerprint density at radius 1 is 1.58 bits per heavy atom. The van der Waals surface area contributed by atoms with Crippen LogP contribution in [0.2, 0.25) is 5.02 Å². The lowest BCUT2D eigenvalue weighted by Gasteiger charge is -2.18. The summed E-state index contributed by atoms with van der Waals surface area (Å²) in [5.41, 5.74) is 0.867. The fraction of sp³-hybridized carbons (Fsp3) is 0.462. The molecule has 2 N–H and O–H groups in total. The lowest BCUT2D eigenvalue weighted by atomic mass is 10.1. The maximum absolute atomic E-state index is 13.7. The third-order valence-corrected chi connectivity index (χ3v) is 3.24. The zero-order chi connectivity index (χ0) is 13.8. The Hall–Kier alpha value is -1.17. The third kappa shape index (κ3) is 3.65. The van der Waals surface area contributed by atoms with Crippen LogP contribution in [0, 0.1) is 5.82 Å². The van der Waals surface area contributed by atoms with Crippen molar-refractivity contribution in [2.45, 2.75) is 19.4 Å². The van der Waals surface area contributed by atoms with Gasteiger partial charge in [-0.05, 0) is 30.7 Å². The zero-order valence-electron chi connectivity index (χ0n) is 10.6. The van der Waals surface area contributed by atoms with Crippen molar-refractivity contribution in [3.8, 4) is 0 Å². The zero-order valence-corrected chi connectivity index (χ0v) is 11.4. The van der Waals surface area contributed by atoms with E-state index in [1.54, 1.807) is 6.07 Å². The Bertz CT molecular complexity index is 474. The number of benzene rings is 1. The largest absolute Gasteiger partial charge is 0.379 e. The smallest absolute Gasteiger partial charge is 0.221 e. The molecule has 1 aliphatic heterocycles. The summed E-state index contributed by atoms with van der Waals surface area (Å²) in [4.78, 5) is 11.0. The Labute approximate surface area is 116 Å². The van der Waals surface area contributed by atoms with E-state index in [1.807, 2.05) is 0 Å². The van der Waals surface area contributed by atoms with Gasteiger partial charge in [0.15, 0.2) is 0 Å². The summed E-state index contributed by atoms with van der Waals surface area (Å²) in [6, 6.07) is 2.68. The summed E-state index contributed by atoms with van der Waals surface area (Å²) >= 11 is 6.08. The molecule has 0 aliphatic carbocycles. The molecule has 1 aliphatic rings. The maximum Gasteiger partial charge on any atom is 0.221 e. The third-order valence-electron chi connectivity index (χ3n) is 2.91. The van der Waals surface area contributed by atoms with Crippen molar-refractivity contribution < 1.29 is 13.9 Å². The van der Waals surface area contributed by atoms with E-state index in [0.29, 0.717) is 18.2 Å². The molecule has 19 heavy (non-hydrogen) atoms. The Morgan fingerprint density at radius 2 is 2.37 bits per heavy atom. The molecule has 4 nitrogen and oxygen atoms in total. The summed E-state index contributed by atoms with van der Waals surface area (Å²) in [6.45, 7) is 3.32. The number of amides is 1. The molecular formula is C13H16ClFN2O2. The summed E-state index contributed by atoms with van der Waals surface area (Å²) in [6.07, 6.45) is 0.924. The number of nitrogens with one attached hydrogen (secondary N) is 2. The van der Waals surface area contributed by atoms with E-state index in [-0.39, 0.29) is 17.6 Å². The van der Waals surface area contributed by atoms with Crippen molar-refractivity contribution in [2.24, 2.45) is 0 Å². The van der Waals surface area contributed by atoms with Gasteiger partial charge in [-0.3, -0.25) is 4.79 Å². The number of rotatable bonds is 2. The standard InChI is InChI=1S/C13H16ClFN2O2/c1-8(18)17-12-5-9(10(14)6-11(12)15)13-7-19-4-2-3-16-13/h5-6,13,16H,2-4,7H2,1H3,(H,17,18). The molecule has 0 spiro atoms. The molecule has 104 valence electrons. The molecule has 1 amide bonds. The lowest BCUT2D eigenvalue weighted by Crippen LogP contribution is -2.24. The molecule has 1 saturated heterocycles. The fourth-order valence-electron chi connectivity index (χ4n) is 2.03. The molecular weight excluding hydrogens is 271 g/mol. The van der Waals surface area contributed by atoms with Crippen LogP contribution < -0.4 is 10.6 Å². The molecule has 2 rings (SSSR count). The van der Waals surface area contributed by atoms with E-state index in [0.717, 1.165) is 18.5 Å². The first-order chi connectivity index (χ1) is 9.08. The second kappa shape index (κ2) is 6.32. The van der Waals surface area contributed by atoms with E-state index in [2.05, 4.69) is 10.6 Å². The molecule has 1 heterocycles. The van der Waals surface area contributed by atoms with Gasteiger partial charge in [-0.2, -0.15) is 0 Å². The topological polar surface area (TPSA) is 50.4 Å². The van der Waals surface area contributed by atoms with Crippen molar-refractivity contribution in [3.63, 3.8) is 0 Å². The maximum atomic E-state index is 13.7. The lowest BCUT2D eigenvalue weighted by molar-refractivity contribution is -0.114. The summed E-state index contributed by atoms with van der Waals surface area (Å²) in [7, 11) is 0. The highest BCUT2D eigenvalue weighted by Gasteiger charge is 2.19. The fourth-order valence-corrected chi connectivity index (χ4v) is 2.31. The molecule has 0 aromatic heterocycles. The van der Waals surface area contributed by atoms with Crippen LogP contribution in [0.15, 0.2) is 12.1 Å². The molecule has 1 unspecified atom stereocenters. The van der Waals surface area contributed by atoms with Gasteiger partial charge in [0.25, 0.3) is 0 Å². The first-order valence-corrected chi connectivity index (χ1v) is 6.53.